The Morgan fingerprint density at radius 2 is 2.19 bits per heavy atom. The topological polar surface area (TPSA) is 25.2 Å². The summed E-state index contributed by atoms with van der Waals surface area (Å²) < 4.78 is 5.79. The lowest BCUT2D eigenvalue weighted by atomic mass is 10.1. The minimum atomic E-state index is 0. The molecule has 3 rings (SSSR count). The zero-order valence-corrected chi connectivity index (χ0v) is 9.93. The first-order valence-electron chi connectivity index (χ1n) is 5.63. The van der Waals surface area contributed by atoms with Gasteiger partial charge < -0.3 is 9.73 Å². The lowest BCUT2D eigenvalue weighted by Crippen LogP contribution is -2.23. The molecule has 3 heteroatoms. The van der Waals surface area contributed by atoms with Gasteiger partial charge in [-0.2, -0.15) is 0 Å². The van der Waals surface area contributed by atoms with Gasteiger partial charge in [0.25, 0.3) is 0 Å². The second-order valence-electron chi connectivity index (χ2n) is 4.25. The maximum atomic E-state index is 5.79. The number of furan rings is 1. The third-order valence-corrected chi connectivity index (χ3v) is 3.09. The Balaban J connectivity index is 0.000000963. The summed E-state index contributed by atoms with van der Waals surface area (Å²) in [5, 5.41) is 4.70. The molecule has 0 radical (unpaired) electrons. The molecular weight excluding hydrogens is 222 g/mol. The van der Waals surface area contributed by atoms with Gasteiger partial charge in [-0.3, -0.25) is 0 Å². The van der Waals surface area contributed by atoms with E-state index in [0.717, 1.165) is 24.3 Å². The van der Waals surface area contributed by atoms with Gasteiger partial charge in [0.2, 0.25) is 0 Å². The normalized spacial score (nSPS) is 19.9. The summed E-state index contributed by atoms with van der Waals surface area (Å²) in [5.41, 5.74) is 1.01. The van der Waals surface area contributed by atoms with E-state index < -0.39 is 0 Å². The highest BCUT2D eigenvalue weighted by Gasteiger charge is 2.16. The minimum absolute atomic E-state index is 0. The molecule has 86 valence electrons. The van der Waals surface area contributed by atoms with Crippen LogP contribution >= 0.6 is 12.4 Å². The molecule has 0 aliphatic carbocycles. The van der Waals surface area contributed by atoms with Gasteiger partial charge in [-0.15, -0.1) is 12.4 Å². The lowest BCUT2D eigenvalue weighted by Gasteiger charge is -2.06. The summed E-state index contributed by atoms with van der Waals surface area (Å²) in [5.74, 6) is 1.11. The Hall–Kier alpha value is -0.990. The van der Waals surface area contributed by atoms with Gasteiger partial charge in [-0.1, -0.05) is 18.2 Å². The smallest absolute Gasteiger partial charge is 0.134 e. The van der Waals surface area contributed by atoms with E-state index in [1.165, 1.54) is 18.2 Å². The number of nitrogens with one attached hydrogen (secondary N) is 1. The molecule has 16 heavy (non-hydrogen) atoms. The van der Waals surface area contributed by atoms with Gasteiger partial charge in [0.1, 0.15) is 11.3 Å². The molecule has 1 N–H and O–H groups in total. The van der Waals surface area contributed by atoms with Crippen molar-refractivity contribution in [3.8, 4) is 0 Å². The van der Waals surface area contributed by atoms with Crippen LogP contribution < -0.4 is 5.32 Å². The van der Waals surface area contributed by atoms with Gasteiger partial charge in [0.15, 0.2) is 0 Å². The highest BCUT2D eigenvalue weighted by Crippen LogP contribution is 2.21. The van der Waals surface area contributed by atoms with Gasteiger partial charge in [0, 0.05) is 17.8 Å². The number of benzene rings is 1. The number of para-hydroxylation sites is 1. The van der Waals surface area contributed by atoms with Gasteiger partial charge in [-0.25, -0.2) is 0 Å². The van der Waals surface area contributed by atoms with E-state index in [9.17, 15) is 0 Å². The first-order chi connectivity index (χ1) is 7.42. The molecule has 0 spiro atoms. The number of hydrogen-bond donors (Lipinski definition) is 1. The third-order valence-electron chi connectivity index (χ3n) is 3.09. The maximum absolute atomic E-state index is 5.79. The van der Waals surface area contributed by atoms with E-state index in [1.54, 1.807) is 0 Å². The molecule has 1 aliphatic rings. The van der Waals surface area contributed by atoms with Crippen LogP contribution in [-0.4, -0.2) is 12.6 Å². The van der Waals surface area contributed by atoms with Crippen LogP contribution in [0.1, 0.15) is 18.6 Å². The number of halogens is 1. The van der Waals surface area contributed by atoms with E-state index in [2.05, 4.69) is 23.5 Å². The quantitative estimate of drug-likeness (QED) is 0.868. The van der Waals surface area contributed by atoms with Crippen LogP contribution in [0.15, 0.2) is 34.7 Å². The van der Waals surface area contributed by atoms with Crippen molar-refractivity contribution in [1.29, 1.82) is 0 Å². The summed E-state index contributed by atoms with van der Waals surface area (Å²) in [7, 11) is 0. The van der Waals surface area contributed by atoms with E-state index in [1.807, 2.05) is 12.1 Å². The fraction of sp³-hybridized carbons (Fsp3) is 0.385. The summed E-state index contributed by atoms with van der Waals surface area (Å²) in [4.78, 5) is 0. The van der Waals surface area contributed by atoms with Crippen LogP contribution in [0.2, 0.25) is 0 Å². The van der Waals surface area contributed by atoms with Crippen molar-refractivity contribution in [1.82, 2.24) is 5.32 Å². The number of hydrogen-bond acceptors (Lipinski definition) is 2. The van der Waals surface area contributed by atoms with Crippen molar-refractivity contribution < 1.29 is 4.42 Å². The molecule has 0 bridgehead atoms. The van der Waals surface area contributed by atoms with Gasteiger partial charge >= 0.3 is 0 Å². The van der Waals surface area contributed by atoms with Gasteiger partial charge in [-0.05, 0) is 31.5 Å². The molecule has 2 nitrogen and oxygen atoms in total. The van der Waals surface area contributed by atoms with Crippen molar-refractivity contribution in [2.45, 2.75) is 25.3 Å². The van der Waals surface area contributed by atoms with Crippen molar-refractivity contribution in [2.75, 3.05) is 6.54 Å². The third kappa shape index (κ3) is 2.23. The SMILES string of the molecule is Cl.c1ccc2oc(CC3CCCN3)cc2c1. The van der Waals surface area contributed by atoms with Crippen molar-refractivity contribution in [2.24, 2.45) is 0 Å². The maximum Gasteiger partial charge on any atom is 0.134 e. The average molecular weight is 238 g/mol. The first kappa shape index (κ1) is 11.5. The molecule has 1 aliphatic heterocycles. The van der Waals surface area contributed by atoms with Crippen molar-refractivity contribution >= 4 is 23.4 Å². The molecule has 2 aromatic rings. The summed E-state index contributed by atoms with van der Waals surface area (Å²) in [6.45, 7) is 1.16. The molecule has 2 heterocycles. The van der Waals surface area contributed by atoms with Crippen LogP contribution in [0.5, 0.6) is 0 Å². The molecule has 0 amide bonds. The van der Waals surface area contributed by atoms with Crippen LogP contribution in [0, 0.1) is 0 Å². The molecule has 1 atom stereocenters. The second-order valence-corrected chi connectivity index (χ2v) is 4.25. The number of rotatable bonds is 2. The Bertz CT molecular complexity index is 427. The average Bonchev–Trinajstić information content (AvgIpc) is 2.86. The number of fused-ring (bicyclic) bond motifs is 1. The summed E-state index contributed by atoms with van der Waals surface area (Å²) in [6.07, 6.45) is 3.59. The van der Waals surface area contributed by atoms with E-state index >= 15 is 0 Å². The molecule has 1 saturated heterocycles. The van der Waals surface area contributed by atoms with Crippen LogP contribution in [0.25, 0.3) is 11.0 Å². The largest absolute Gasteiger partial charge is 0.461 e. The highest BCUT2D eigenvalue weighted by atomic mass is 35.5. The second kappa shape index (κ2) is 4.89. The molecule has 1 fully saturated rings. The molecule has 0 saturated carbocycles. The summed E-state index contributed by atoms with van der Waals surface area (Å²) in [6, 6.07) is 11.0. The van der Waals surface area contributed by atoms with Crippen molar-refractivity contribution in [3.63, 3.8) is 0 Å². The first-order valence-corrected chi connectivity index (χ1v) is 5.63. The molecule has 1 aromatic carbocycles. The van der Waals surface area contributed by atoms with E-state index in [-0.39, 0.29) is 12.4 Å². The Labute approximate surface area is 101 Å². The van der Waals surface area contributed by atoms with E-state index in [4.69, 9.17) is 4.42 Å². The highest BCUT2D eigenvalue weighted by molar-refractivity contribution is 5.85. The monoisotopic (exact) mass is 237 g/mol. The van der Waals surface area contributed by atoms with Crippen LogP contribution in [0.4, 0.5) is 0 Å². The Morgan fingerprint density at radius 1 is 1.31 bits per heavy atom. The summed E-state index contributed by atoms with van der Waals surface area (Å²) >= 11 is 0. The predicted octanol–water partition coefficient (Wildman–Crippen LogP) is 3.15. The minimum Gasteiger partial charge on any atom is -0.461 e. The van der Waals surface area contributed by atoms with E-state index in [0.29, 0.717) is 6.04 Å². The Kier molecular flexibility index (Phi) is 3.52. The van der Waals surface area contributed by atoms with Crippen molar-refractivity contribution in [3.05, 3.63) is 36.1 Å². The standard InChI is InChI=1S/C13H15NO.ClH/c1-2-6-13-10(4-1)8-12(15-13)9-11-5-3-7-14-11;/h1-2,4,6,8,11,14H,3,5,7,9H2;1H. The zero-order chi connectivity index (χ0) is 10.1. The molecular formula is C13H16ClNO. The molecule has 1 aromatic heterocycles. The Morgan fingerprint density at radius 3 is 2.94 bits per heavy atom. The fourth-order valence-electron chi connectivity index (χ4n) is 2.31. The molecule has 1 unspecified atom stereocenters. The van der Waals surface area contributed by atoms with Gasteiger partial charge in [0.05, 0.1) is 0 Å². The van der Waals surface area contributed by atoms with Crippen LogP contribution in [-0.2, 0) is 6.42 Å². The fourth-order valence-corrected chi connectivity index (χ4v) is 2.31. The lowest BCUT2D eigenvalue weighted by molar-refractivity contribution is 0.494. The zero-order valence-electron chi connectivity index (χ0n) is 9.11. The van der Waals surface area contributed by atoms with Crippen LogP contribution in [0.3, 0.4) is 0 Å². The predicted molar refractivity (Wildman–Crippen MR) is 68.2 cm³/mol.